The van der Waals surface area contributed by atoms with Crippen LogP contribution in [0.15, 0.2) is 48.7 Å². The number of hydrogen-bond acceptors (Lipinski definition) is 2. The fourth-order valence-corrected chi connectivity index (χ4v) is 4.36. The van der Waals surface area contributed by atoms with Gasteiger partial charge in [-0.2, -0.15) is 0 Å². The highest BCUT2D eigenvalue weighted by Crippen LogP contribution is 2.33. The number of H-pyrrole nitrogens is 1. The number of para-hydroxylation sites is 1. The average Bonchev–Trinajstić information content (AvgIpc) is 3.14. The molecular weight excluding hydrogens is 395 g/mol. The van der Waals surface area contributed by atoms with Crippen molar-refractivity contribution in [3.05, 3.63) is 64.3 Å². The molecule has 2 heterocycles. The first-order chi connectivity index (χ1) is 13.5. The number of piperidine rings is 1. The summed E-state index contributed by atoms with van der Waals surface area (Å²) in [5.41, 5.74) is 2.51. The van der Waals surface area contributed by atoms with Crippen molar-refractivity contribution >= 4 is 40.0 Å². The number of rotatable bonds is 4. The average molecular weight is 417 g/mol. The van der Waals surface area contributed by atoms with Crippen molar-refractivity contribution in [2.24, 2.45) is 0 Å². The van der Waals surface area contributed by atoms with Gasteiger partial charge in [0, 0.05) is 35.2 Å². The maximum atomic E-state index is 12.8. The van der Waals surface area contributed by atoms with E-state index < -0.39 is 6.10 Å². The summed E-state index contributed by atoms with van der Waals surface area (Å²) >= 11 is 12.1. The van der Waals surface area contributed by atoms with Gasteiger partial charge in [-0.05, 0) is 55.5 Å². The van der Waals surface area contributed by atoms with Gasteiger partial charge in [0.05, 0.1) is 5.02 Å². The molecule has 1 fully saturated rings. The minimum atomic E-state index is -0.594. The zero-order valence-corrected chi connectivity index (χ0v) is 17.1. The number of likely N-dealkylation sites (tertiary alicyclic amines) is 1. The molecule has 0 spiro atoms. The van der Waals surface area contributed by atoms with Crippen LogP contribution >= 0.6 is 23.2 Å². The molecule has 0 aliphatic carbocycles. The quantitative estimate of drug-likeness (QED) is 0.597. The number of ether oxygens (including phenoxy) is 1. The van der Waals surface area contributed by atoms with Crippen LogP contribution in [0.1, 0.15) is 31.2 Å². The molecule has 28 heavy (non-hydrogen) atoms. The van der Waals surface area contributed by atoms with E-state index in [1.807, 2.05) is 11.0 Å². The first kappa shape index (κ1) is 19.2. The second-order valence-electron chi connectivity index (χ2n) is 7.22. The molecule has 3 aromatic rings. The van der Waals surface area contributed by atoms with Crippen molar-refractivity contribution in [1.82, 2.24) is 9.88 Å². The minimum Gasteiger partial charge on any atom is -0.479 e. The molecule has 0 bridgehead atoms. The maximum Gasteiger partial charge on any atom is 0.263 e. The Labute approximate surface area is 174 Å². The number of amides is 1. The van der Waals surface area contributed by atoms with Crippen LogP contribution in [-0.2, 0) is 4.79 Å². The largest absolute Gasteiger partial charge is 0.479 e. The van der Waals surface area contributed by atoms with E-state index in [9.17, 15) is 4.79 Å². The lowest BCUT2D eigenvalue weighted by molar-refractivity contribution is -0.139. The van der Waals surface area contributed by atoms with E-state index in [1.165, 1.54) is 10.9 Å². The SMILES string of the molecule is CC(Oc1ccc(Cl)cc1Cl)C(=O)N1CCC(c2c[nH]c3ccccc23)CC1. The van der Waals surface area contributed by atoms with Crippen molar-refractivity contribution < 1.29 is 9.53 Å². The molecule has 1 saturated heterocycles. The van der Waals surface area contributed by atoms with Gasteiger partial charge in [0.2, 0.25) is 0 Å². The molecule has 146 valence electrons. The number of carbonyl (C=O) groups excluding carboxylic acids is 1. The third kappa shape index (κ3) is 3.85. The molecule has 1 amide bonds. The minimum absolute atomic E-state index is 0.0107. The van der Waals surface area contributed by atoms with Crippen molar-refractivity contribution in [3.8, 4) is 5.75 Å². The van der Waals surface area contributed by atoms with Crippen LogP contribution in [-0.4, -0.2) is 35.0 Å². The van der Waals surface area contributed by atoms with Crippen molar-refractivity contribution in [2.75, 3.05) is 13.1 Å². The molecule has 6 heteroatoms. The van der Waals surface area contributed by atoms with E-state index in [-0.39, 0.29) is 5.91 Å². The normalized spacial score (nSPS) is 16.3. The Bertz CT molecular complexity index is 993. The molecule has 1 unspecified atom stereocenters. The topological polar surface area (TPSA) is 45.3 Å². The Morgan fingerprint density at radius 1 is 1.18 bits per heavy atom. The van der Waals surface area contributed by atoms with Crippen LogP contribution in [0, 0.1) is 0 Å². The first-order valence-corrected chi connectivity index (χ1v) is 10.2. The zero-order chi connectivity index (χ0) is 19.7. The Kier molecular flexibility index (Phi) is 5.51. The van der Waals surface area contributed by atoms with E-state index in [0.717, 1.165) is 31.4 Å². The van der Waals surface area contributed by atoms with E-state index in [2.05, 4.69) is 29.4 Å². The number of nitrogens with one attached hydrogen (secondary N) is 1. The van der Waals surface area contributed by atoms with E-state index in [4.69, 9.17) is 27.9 Å². The van der Waals surface area contributed by atoms with Crippen LogP contribution in [0.2, 0.25) is 10.0 Å². The summed E-state index contributed by atoms with van der Waals surface area (Å²) in [6, 6.07) is 13.4. The van der Waals surface area contributed by atoms with Crippen LogP contribution in [0.3, 0.4) is 0 Å². The Balaban J connectivity index is 1.38. The lowest BCUT2D eigenvalue weighted by Crippen LogP contribution is -2.44. The summed E-state index contributed by atoms with van der Waals surface area (Å²) in [5.74, 6) is 0.922. The predicted molar refractivity (Wildman–Crippen MR) is 113 cm³/mol. The molecule has 1 N–H and O–H groups in total. The lowest BCUT2D eigenvalue weighted by atomic mass is 9.89. The second kappa shape index (κ2) is 8.06. The third-order valence-electron chi connectivity index (χ3n) is 5.41. The van der Waals surface area contributed by atoms with Gasteiger partial charge in [-0.1, -0.05) is 41.4 Å². The summed E-state index contributed by atoms with van der Waals surface area (Å²) in [6.07, 6.45) is 3.41. The molecule has 0 saturated carbocycles. The number of halogens is 2. The molecule has 2 aromatic carbocycles. The molecule has 0 radical (unpaired) electrons. The second-order valence-corrected chi connectivity index (χ2v) is 8.07. The maximum absolute atomic E-state index is 12.8. The summed E-state index contributed by atoms with van der Waals surface area (Å²) in [5, 5.41) is 2.22. The Morgan fingerprint density at radius 2 is 1.93 bits per heavy atom. The van der Waals surface area contributed by atoms with Gasteiger partial charge >= 0.3 is 0 Å². The number of benzene rings is 2. The van der Waals surface area contributed by atoms with Crippen LogP contribution in [0.5, 0.6) is 5.75 Å². The zero-order valence-electron chi connectivity index (χ0n) is 15.6. The summed E-state index contributed by atoms with van der Waals surface area (Å²) in [4.78, 5) is 18.1. The standard InChI is InChI=1S/C22H22Cl2N2O2/c1-14(28-21-7-6-16(23)12-19(21)24)22(27)26-10-8-15(9-11-26)18-13-25-20-5-3-2-4-17(18)20/h2-7,12-15,25H,8-11H2,1H3. The van der Waals surface area contributed by atoms with Gasteiger partial charge < -0.3 is 14.6 Å². The van der Waals surface area contributed by atoms with Crippen LogP contribution < -0.4 is 4.74 Å². The van der Waals surface area contributed by atoms with Crippen molar-refractivity contribution in [1.29, 1.82) is 0 Å². The third-order valence-corrected chi connectivity index (χ3v) is 5.94. The van der Waals surface area contributed by atoms with Crippen molar-refractivity contribution in [3.63, 3.8) is 0 Å². The highest BCUT2D eigenvalue weighted by atomic mass is 35.5. The summed E-state index contributed by atoms with van der Waals surface area (Å²) in [6.45, 7) is 3.22. The van der Waals surface area contributed by atoms with Gasteiger partial charge in [-0.25, -0.2) is 0 Å². The van der Waals surface area contributed by atoms with Gasteiger partial charge in [0.1, 0.15) is 5.75 Å². The summed E-state index contributed by atoms with van der Waals surface area (Å²) < 4.78 is 5.79. The number of nitrogens with zero attached hydrogens (tertiary/aromatic N) is 1. The summed E-state index contributed by atoms with van der Waals surface area (Å²) in [7, 11) is 0. The molecular formula is C22H22Cl2N2O2. The molecule has 1 aromatic heterocycles. The van der Waals surface area contributed by atoms with E-state index >= 15 is 0 Å². The van der Waals surface area contributed by atoms with E-state index in [0.29, 0.717) is 21.7 Å². The van der Waals surface area contributed by atoms with Gasteiger partial charge in [0.25, 0.3) is 5.91 Å². The highest BCUT2D eigenvalue weighted by Gasteiger charge is 2.29. The number of hydrogen-bond donors (Lipinski definition) is 1. The Hall–Kier alpha value is -2.17. The highest BCUT2D eigenvalue weighted by molar-refractivity contribution is 6.35. The molecule has 4 rings (SSSR count). The molecule has 1 aliphatic heterocycles. The smallest absolute Gasteiger partial charge is 0.263 e. The number of aromatic amines is 1. The molecule has 4 nitrogen and oxygen atoms in total. The van der Waals surface area contributed by atoms with Gasteiger partial charge in [0.15, 0.2) is 6.10 Å². The number of fused-ring (bicyclic) bond motifs is 1. The first-order valence-electron chi connectivity index (χ1n) is 9.49. The van der Waals surface area contributed by atoms with Crippen LogP contribution in [0.25, 0.3) is 10.9 Å². The Morgan fingerprint density at radius 3 is 2.68 bits per heavy atom. The van der Waals surface area contributed by atoms with E-state index in [1.54, 1.807) is 25.1 Å². The lowest BCUT2D eigenvalue weighted by Gasteiger charge is -2.33. The monoisotopic (exact) mass is 416 g/mol. The van der Waals surface area contributed by atoms with Crippen LogP contribution in [0.4, 0.5) is 0 Å². The van der Waals surface area contributed by atoms with Gasteiger partial charge in [-0.3, -0.25) is 4.79 Å². The predicted octanol–water partition coefficient (Wildman–Crippen LogP) is 5.65. The number of carbonyl (C=O) groups is 1. The fourth-order valence-electron chi connectivity index (χ4n) is 3.91. The van der Waals surface area contributed by atoms with Crippen molar-refractivity contribution in [2.45, 2.75) is 31.8 Å². The fraction of sp³-hybridized carbons (Fsp3) is 0.318. The molecule has 1 atom stereocenters. The van der Waals surface area contributed by atoms with Gasteiger partial charge in [-0.15, -0.1) is 0 Å². The molecule has 1 aliphatic rings. The number of aromatic nitrogens is 1.